The van der Waals surface area contributed by atoms with Crippen molar-refractivity contribution >= 4 is 34.8 Å². The maximum Gasteiger partial charge on any atom is 0.139 e. The van der Waals surface area contributed by atoms with E-state index in [4.69, 9.17) is 39.5 Å². The van der Waals surface area contributed by atoms with Gasteiger partial charge in [0.1, 0.15) is 18.2 Å². The molecule has 0 saturated heterocycles. The Morgan fingerprint density at radius 2 is 1.78 bits per heavy atom. The number of ether oxygens (including phenoxy) is 1. The summed E-state index contributed by atoms with van der Waals surface area (Å²) < 4.78 is 18.9. The minimum absolute atomic E-state index is 0.00836. The van der Waals surface area contributed by atoms with E-state index < -0.39 is 5.82 Å². The predicted octanol–water partition coefficient (Wildman–Crippen LogP) is 5.36. The van der Waals surface area contributed by atoms with Gasteiger partial charge in [-0.25, -0.2) is 4.39 Å². The van der Waals surface area contributed by atoms with Crippen LogP contribution in [-0.4, -0.2) is 0 Å². The van der Waals surface area contributed by atoms with Gasteiger partial charge in [0, 0.05) is 16.7 Å². The first-order valence-electron chi connectivity index (χ1n) is 5.08. The number of rotatable bonds is 3. The maximum atomic E-state index is 13.5. The molecular formula is C13H8Cl3FO. The van der Waals surface area contributed by atoms with Crippen LogP contribution in [0.3, 0.4) is 0 Å². The third-order valence-electron chi connectivity index (χ3n) is 2.33. The molecule has 5 heteroatoms. The standard InChI is InChI=1S/C13H8Cl3FO/c14-8-4-5-11(16)13(6-8)18-7-9-10(15)2-1-3-12(9)17/h1-6H,7H2. The quantitative estimate of drug-likeness (QED) is 0.741. The summed E-state index contributed by atoms with van der Waals surface area (Å²) >= 11 is 17.6. The van der Waals surface area contributed by atoms with Crippen LogP contribution >= 0.6 is 34.8 Å². The van der Waals surface area contributed by atoms with Crippen molar-refractivity contribution < 1.29 is 9.13 Å². The van der Waals surface area contributed by atoms with Crippen LogP contribution in [0.2, 0.25) is 15.1 Å². The summed E-state index contributed by atoms with van der Waals surface area (Å²) in [4.78, 5) is 0. The normalized spacial score (nSPS) is 10.4. The van der Waals surface area contributed by atoms with Gasteiger partial charge in [-0.05, 0) is 24.3 Å². The third-order valence-corrected chi connectivity index (χ3v) is 3.23. The van der Waals surface area contributed by atoms with Gasteiger partial charge in [0.15, 0.2) is 0 Å². The molecule has 0 N–H and O–H groups in total. The number of hydrogen-bond donors (Lipinski definition) is 0. The van der Waals surface area contributed by atoms with Crippen molar-refractivity contribution in [3.8, 4) is 5.75 Å². The second-order valence-electron chi connectivity index (χ2n) is 3.56. The van der Waals surface area contributed by atoms with Crippen LogP contribution in [0, 0.1) is 5.82 Å². The summed E-state index contributed by atoms with van der Waals surface area (Å²) in [6.45, 7) is -0.00836. The summed E-state index contributed by atoms with van der Waals surface area (Å²) in [5.74, 6) is -0.0239. The first-order chi connectivity index (χ1) is 8.58. The molecule has 1 nitrogen and oxygen atoms in total. The predicted molar refractivity (Wildman–Crippen MR) is 72.2 cm³/mol. The second kappa shape index (κ2) is 5.79. The SMILES string of the molecule is Fc1cccc(Cl)c1COc1cc(Cl)ccc1Cl. The van der Waals surface area contributed by atoms with Gasteiger partial charge in [0.05, 0.1) is 10.0 Å². The second-order valence-corrected chi connectivity index (χ2v) is 4.81. The minimum Gasteiger partial charge on any atom is -0.487 e. The van der Waals surface area contributed by atoms with E-state index in [-0.39, 0.29) is 12.2 Å². The molecule has 0 spiro atoms. The van der Waals surface area contributed by atoms with Crippen LogP contribution in [0.5, 0.6) is 5.75 Å². The molecule has 0 bridgehead atoms. The van der Waals surface area contributed by atoms with Crippen molar-refractivity contribution in [3.63, 3.8) is 0 Å². The molecule has 2 aromatic rings. The van der Waals surface area contributed by atoms with Crippen LogP contribution in [-0.2, 0) is 6.61 Å². The van der Waals surface area contributed by atoms with E-state index >= 15 is 0 Å². The lowest BCUT2D eigenvalue weighted by Crippen LogP contribution is -1.99. The monoisotopic (exact) mass is 304 g/mol. The molecule has 94 valence electrons. The van der Waals surface area contributed by atoms with Crippen LogP contribution in [0.15, 0.2) is 36.4 Å². The first-order valence-corrected chi connectivity index (χ1v) is 6.22. The highest BCUT2D eigenvalue weighted by atomic mass is 35.5. The molecule has 18 heavy (non-hydrogen) atoms. The third kappa shape index (κ3) is 3.08. The Labute approximate surface area is 119 Å². The molecule has 2 aromatic carbocycles. The molecule has 0 atom stereocenters. The van der Waals surface area contributed by atoms with Gasteiger partial charge >= 0.3 is 0 Å². The Bertz CT molecular complexity index is 552. The Morgan fingerprint density at radius 3 is 2.50 bits per heavy atom. The van der Waals surface area contributed by atoms with Crippen LogP contribution in [0.25, 0.3) is 0 Å². The lowest BCUT2D eigenvalue weighted by atomic mass is 10.2. The molecule has 0 radical (unpaired) electrons. The summed E-state index contributed by atoms with van der Waals surface area (Å²) in [5, 5.41) is 1.22. The van der Waals surface area contributed by atoms with Crippen molar-refractivity contribution in [2.45, 2.75) is 6.61 Å². The fraction of sp³-hybridized carbons (Fsp3) is 0.0769. The van der Waals surface area contributed by atoms with Crippen molar-refractivity contribution in [2.24, 2.45) is 0 Å². The molecule has 0 heterocycles. The number of halogens is 4. The van der Waals surface area contributed by atoms with Gasteiger partial charge in [0.2, 0.25) is 0 Å². The van der Waals surface area contributed by atoms with E-state index in [2.05, 4.69) is 0 Å². The lowest BCUT2D eigenvalue weighted by Gasteiger charge is -2.10. The summed E-state index contributed by atoms with van der Waals surface area (Å²) in [6.07, 6.45) is 0. The molecule has 0 aliphatic heterocycles. The molecule has 0 aliphatic carbocycles. The van der Waals surface area contributed by atoms with Gasteiger partial charge in [-0.15, -0.1) is 0 Å². The largest absolute Gasteiger partial charge is 0.487 e. The van der Waals surface area contributed by atoms with Crippen molar-refractivity contribution in [1.82, 2.24) is 0 Å². The van der Waals surface area contributed by atoms with E-state index in [1.165, 1.54) is 12.1 Å². The molecule has 0 unspecified atom stereocenters. The zero-order valence-electron chi connectivity index (χ0n) is 9.09. The Hall–Kier alpha value is -0.960. The fourth-order valence-corrected chi connectivity index (χ4v) is 1.96. The summed E-state index contributed by atoms with van der Waals surface area (Å²) in [6, 6.07) is 9.29. The van der Waals surface area contributed by atoms with Gasteiger partial charge in [-0.3, -0.25) is 0 Å². The van der Waals surface area contributed by atoms with E-state index in [1.807, 2.05) is 0 Å². The molecular weight excluding hydrogens is 297 g/mol. The molecule has 0 fully saturated rings. The molecule has 2 rings (SSSR count). The van der Waals surface area contributed by atoms with Gasteiger partial charge in [0.25, 0.3) is 0 Å². The van der Waals surface area contributed by atoms with Crippen LogP contribution in [0.4, 0.5) is 4.39 Å². The highest BCUT2D eigenvalue weighted by Gasteiger charge is 2.09. The van der Waals surface area contributed by atoms with Crippen LogP contribution < -0.4 is 4.74 Å². The smallest absolute Gasteiger partial charge is 0.139 e. The van der Waals surface area contributed by atoms with E-state index in [1.54, 1.807) is 24.3 Å². The van der Waals surface area contributed by atoms with Crippen molar-refractivity contribution in [1.29, 1.82) is 0 Å². The zero-order chi connectivity index (χ0) is 13.1. The Balaban J connectivity index is 2.19. The average molecular weight is 306 g/mol. The lowest BCUT2D eigenvalue weighted by molar-refractivity contribution is 0.300. The van der Waals surface area contributed by atoms with Gasteiger partial charge < -0.3 is 4.74 Å². The highest BCUT2D eigenvalue weighted by Crippen LogP contribution is 2.29. The minimum atomic E-state index is -0.416. The van der Waals surface area contributed by atoms with E-state index in [0.717, 1.165) is 0 Å². The number of hydrogen-bond acceptors (Lipinski definition) is 1. The van der Waals surface area contributed by atoms with Gasteiger partial charge in [-0.1, -0.05) is 40.9 Å². The number of benzene rings is 2. The average Bonchev–Trinajstić information content (AvgIpc) is 2.33. The zero-order valence-corrected chi connectivity index (χ0v) is 11.4. The van der Waals surface area contributed by atoms with E-state index in [9.17, 15) is 4.39 Å². The first kappa shape index (κ1) is 13.5. The Kier molecular flexibility index (Phi) is 4.33. The molecule has 0 aromatic heterocycles. The summed E-state index contributed by atoms with van der Waals surface area (Å²) in [7, 11) is 0. The van der Waals surface area contributed by atoms with Crippen molar-refractivity contribution in [2.75, 3.05) is 0 Å². The Morgan fingerprint density at radius 1 is 1.00 bits per heavy atom. The maximum absolute atomic E-state index is 13.5. The molecule has 0 saturated carbocycles. The molecule has 0 amide bonds. The van der Waals surface area contributed by atoms with Crippen molar-refractivity contribution in [3.05, 3.63) is 62.8 Å². The summed E-state index contributed by atoms with van der Waals surface area (Å²) in [5.41, 5.74) is 0.287. The molecule has 0 aliphatic rings. The van der Waals surface area contributed by atoms with Crippen LogP contribution in [0.1, 0.15) is 5.56 Å². The van der Waals surface area contributed by atoms with E-state index in [0.29, 0.717) is 20.8 Å². The fourth-order valence-electron chi connectivity index (χ4n) is 1.41. The highest BCUT2D eigenvalue weighted by molar-refractivity contribution is 6.34. The topological polar surface area (TPSA) is 9.23 Å². The van der Waals surface area contributed by atoms with Gasteiger partial charge in [-0.2, -0.15) is 0 Å².